The van der Waals surface area contributed by atoms with Crippen LogP contribution in [0.2, 0.25) is 0 Å². The zero-order valence-electron chi connectivity index (χ0n) is 17.3. The summed E-state index contributed by atoms with van der Waals surface area (Å²) in [5, 5.41) is 10.4. The van der Waals surface area contributed by atoms with E-state index in [1.165, 1.54) is 24.0 Å². The van der Waals surface area contributed by atoms with Crippen LogP contribution in [0.3, 0.4) is 0 Å². The molecule has 1 atom stereocenters. The third-order valence-corrected chi connectivity index (χ3v) is 6.01. The quantitative estimate of drug-likeness (QED) is 0.819. The van der Waals surface area contributed by atoms with Crippen molar-refractivity contribution < 1.29 is 9.59 Å². The highest BCUT2D eigenvalue weighted by Crippen LogP contribution is 2.24. The molecular formula is C23H30N4O2. The first kappa shape index (κ1) is 19.7. The molecule has 4 rings (SSSR count). The summed E-state index contributed by atoms with van der Waals surface area (Å²) in [6.07, 6.45) is 8.02. The van der Waals surface area contributed by atoms with Gasteiger partial charge < -0.3 is 10.6 Å². The number of benzene rings is 1. The zero-order chi connectivity index (χ0) is 20.4. The van der Waals surface area contributed by atoms with Gasteiger partial charge in [-0.1, -0.05) is 6.07 Å². The lowest BCUT2D eigenvalue weighted by molar-refractivity contribution is 0.0930. The van der Waals surface area contributed by atoms with Crippen LogP contribution in [0.4, 0.5) is 0 Å². The Hall–Kier alpha value is -2.63. The summed E-state index contributed by atoms with van der Waals surface area (Å²) < 4.78 is 1.93. The fourth-order valence-electron chi connectivity index (χ4n) is 4.42. The fourth-order valence-corrected chi connectivity index (χ4v) is 4.42. The van der Waals surface area contributed by atoms with E-state index in [4.69, 9.17) is 0 Å². The average molecular weight is 395 g/mol. The lowest BCUT2D eigenvalue weighted by Crippen LogP contribution is -2.35. The summed E-state index contributed by atoms with van der Waals surface area (Å²) in [7, 11) is 0. The van der Waals surface area contributed by atoms with Crippen molar-refractivity contribution in [1.82, 2.24) is 20.4 Å². The molecule has 0 bridgehead atoms. The number of carbonyl (C=O) groups excluding carboxylic acids is 2. The minimum absolute atomic E-state index is 0.00442. The fraction of sp³-hybridized carbons (Fsp3) is 0.522. The first-order chi connectivity index (χ1) is 14.0. The van der Waals surface area contributed by atoms with E-state index in [1.807, 2.05) is 24.6 Å². The van der Waals surface area contributed by atoms with Gasteiger partial charge in [0.25, 0.3) is 11.8 Å². The lowest BCUT2D eigenvalue weighted by atomic mass is 9.90. The summed E-state index contributed by atoms with van der Waals surface area (Å²) in [4.78, 5) is 25.1. The molecule has 6 nitrogen and oxygen atoms in total. The first-order valence-corrected chi connectivity index (χ1v) is 10.8. The maximum atomic E-state index is 12.7. The van der Waals surface area contributed by atoms with E-state index in [1.54, 1.807) is 6.20 Å². The largest absolute Gasteiger partial charge is 0.352 e. The molecule has 2 heterocycles. The number of rotatable bonds is 5. The molecule has 2 aliphatic rings. The second-order valence-corrected chi connectivity index (χ2v) is 8.62. The van der Waals surface area contributed by atoms with Crippen molar-refractivity contribution in [3.8, 4) is 0 Å². The van der Waals surface area contributed by atoms with Gasteiger partial charge in [-0.15, -0.1) is 0 Å². The van der Waals surface area contributed by atoms with E-state index in [0.717, 1.165) is 43.5 Å². The van der Waals surface area contributed by atoms with Crippen molar-refractivity contribution in [2.45, 2.75) is 65.0 Å². The molecule has 0 saturated carbocycles. The van der Waals surface area contributed by atoms with E-state index in [0.29, 0.717) is 18.0 Å². The van der Waals surface area contributed by atoms with Crippen LogP contribution in [-0.2, 0) is 25.8 Å². The van der Waals surface area contributed by atoms with Crippen molar-refractivity contribution in [3.05, 3.63) is 52.3 Å². The van der Waals surface area contributed by atoms with Gasteiger partial charge in [0.1, 0.15) is 0 Å². The van der Waals surface area contributed by atoms with Crippen LogP contribution in [0.5, 0.6) is 0 Å². The van der Waals surface area contributed by atoms with Crippen LogP contribution in [0.1, 0.15) is 70.6 Å². The molecule has 154 valence electrons. The van der Waals surface area contributed by atoms with E-state index in [9.17, 15) is 9.59 Å². The molecule has 1 aliphatic carbocycles. The third kappa shape index (κ3) is 4.36. The summed E-state index contributed by atoms with van der Waals surface area (Å²) in [6, 6.07) is 6.22. The summed E-state index contributed by atoms with van der Waals surface area (Å²) in [5.41, 5.74) is 5.10. The van der Waals surface area contributed by atoms with Crippen LogP contribution in [0, 0.1) is 5.92 Å². The van der Waals surface area contributed by atoms with Gasteiger partial charge in [0, 0.05) is 24.7 Å². The normalized spacial score (nSPS) is 18.1. The first-order valence-electron chi connectivity index (χ1n) is 10.8. The molecule has 0 unspecified atom stereocenters. The highest BCUT2D eigenvalue weighted by Gasteiger charge is 2.26. The topological polar surface area (TPSA) is 76.0 Å². The minimum atomic E-state index is -0.0694. The van der Waals surface area contributed by atoms with Gasteiger partial charge in [-0.2, -0.15) is 5.10 Å². The number of nitrogens with zero attached hydrogens (tertiary/aromatic N) is 2. The smallest absolute Gasteiger partial charge is 0.254 e. The number of hydrogen-bond acceptors (Lipinski definition) is 3. The van der Waals surface area contributed by atoms with Crippen molar-refractivity contribution in [2.24, 2.45) is 5.92 Å². The van der Waals surface area contributed by atoms with Gasteiger partial charge in [-0.05, 0) is 81.5 Å². The van der Waals surface area contributed by atoms with Crippen LogP contribution in [-0.4, -0.2) is 34.2 Å². The molecule has 1 aliphatic heterocycles. The van der Waals surface area contributed by atoms with Crippen molar-refractivity contribution >= 4 is 11.8 Å². The Morgan fingerprint density at radius 3 is 2.76 bits per heavy atom. The molecule has 1 aromatic heterocycles. The van der Waals surface area contributed by atoms with E-state index in [-0.39, 0.29) is 17.9 Å². The second kappa shape index (κ2) is 8.39. The highest BCUT2D eigenvalue weighted by atomic mass is 16.2. The van der Waals surface area contributed by atoms with Crippen LogP contribution in [0.25, 0.3) is 0 Å². The number of fused-ring (bicyclic) bond motifs is 2. The molecule has 6 heteroatoms. The number of nitrogens with one attached hydrogen (secondary N) is 2. The lowest BCUT2D eigenvalue weighted by Gasteiger charge is -2.24. The summed E-state index contributed by atoms with van der Waals surface area (Å²) >= 11 is 0. The molecule has 1 aromatic carbocycles. The van der Waals surface area contributed by atoms with Crippen molar-refractivity contribution in [3.63, 3.8) is 0 Å². The maximum absolute atomic E-state index is 12.7. The summed E-state index contributed by atoms with van der Waals surface area (Å²) in [6.45, 7) is 5.30. The maximum Gasteiger partial charge on any atom is 0.254 e. The van der Waals surface area contributed by atoms with Crippen LogP contribution < -0.4 is 10.6 Å². The Labute approximate surface area is 172 Å². The van der Waals surface area contributed by atoms with Gasteiger partial charge in [0.2, 0.25) is 0 Å². The van der Waals surface area contributed by atoms with E-state index >= 15 is 0 Å². The number of amides is 2. The average Bonchev–Trinajstić information content (AvgIpc) is 3.14. The van der Waals surface area contributed by atoms with Crippen molar-refractivity contribution in [1.29, 1.82) is 0 Å². The SMILES string of the molecule is CC(C)NC(=O)c1cnn2c1C[C@@H](CNC(=O)c1ccc3c(c1)CCCC3)CC2. The number of aryl methyl sites for hydroxylation is 3. The van der Waals surface area contributed by atoms with Crippen molar-refractivity contribution in [2.75, 3.05) is 6.54 Å². The molecule has 0 saturated heterocycles. The van der Waals surface area contributed by atoms with E-state index in [2.05, 4.69) is 27.9 Å². The Morgan fingerprint density at radius 2 is 1.97 bits per heavy atom. The molecular weight excluding hydrogens is 364 g/mol. The van der Waals surface area contributed by atoms with Gasteiger partial charge in [0.05, 0.1) is 17.5 Å². The molecule has 2 N–H and O–H groups in total. The zero-order valence-corrected chi connectivity index (χ0v) is 17.3. The molecule has 29 heavy (non-hydrogen) atoms. The molecule has 2 amide bonds. The monoisotopic (exact) mass is 394 g/mol. The predicted molar refractivity (Wildman–Crippen MR) is 112 cm³/mol. The summed E-state index contributed by atoms with van der Waals surface area (Å²) in [5.74, 6) is 0.238. The van der Waals surface area contributed by atoms with Gasteiger partial charge >= 0.3 is 0 Å². The Bertz CT molecular complexity index is 916. The van der Waals surface area contributed by atoms with E-state index < -0.39 is 0 Å². The molecule has 0 fully saturated rings. The van der Waals surface area contributed by atoms with Crippen LogP contribution in [0.15, 0.2) is 24.4 Å². The standard InChI is InChI=1S/C23H30N4O2/c1-15(2)26-23(29)20-14-25-27-10-9-16(11-21(20)27)13-24-22(28)19-8-7-17-5-3-4-6-18(17)12-19/h7-8,12,14-16H,3-6,9-11,13H2,1-2H3,(H,24,28)(H,26,29)/t16-/m0/s1. The molecule has 0 spiro atoms. The van der Waals surface area contributed by atoms with Gasteiger partial charge in [0.15, 0.2) is 0 Å². The Balaban J connectivity index is 1.38. The Morgan fingerprint density at radius 1 is 1.17 bits per heavy atom. The predicted octanol–water partition coefficient (Wildman–Crippen LogP) is 2.89. The highest BCUT2D eigenvalue weighted by molar-refractivity contribution is 5.95. The number of carbonyl (C=O) groups is 2. The molecule has 0 radical (unpaired) electrons. The number of aromatic nitrogens is 2. The van der Waals surface area contributed by atoms with Gasteiger partial charge in [-0.25, -0.2) is 0 Å². The number of hydrogen-bond donors (Lipinski definition) is 2. The third-order valence-electron chi connectivity index (χ3n) is 6.01. The Kier molecular flexibility index (Phi) is 5.69. The second-order valence-electron chi connectivity index (χ2n) is 8.62. The van der Waals surface area contributed by atoms with Crippen LogP contribution >= 0.6 is 0 Å². The van der Waals surface area contributed by atoms with Gasteiger partial charge in [-0.3, -0.25) is 14.3 Å². The minimum Gasteiger partial charge on any atom is -0.352 e. The molecule has 2 aromatic rings.